The molecule has 2 aromatic carbocycles. The summed E-state index contributed by atoms with van der Waals surface area (Å²) in [5.74, 6) is -0.773. The molecule has 0 aliphatic rings. The second kappa shape index (κ2) is 10.7. The largest absolute Gasteiger partial charge is 0.497 e. The minimum atomic E-state index is -0.689. The van der Waals surface area contributed by atoms with E-state index in [0.717, 1.165) is 6.42 Å². The molecule has 0 saturated carbocycles. The number of carbonyl (C=O) groups is 3. The lowest BCUT2D eigenvalue weighted by Gasteiger charge is -2.09. The van der Waals surface area contributed by atoms with E-state index in [2.05, 4.69) is 5.32 Å². The number of methoxy groups -OCH3 is 2. The van der Waals surface area contributed by atoms with Gasteiger partial charge in [-0.1, -0.05) is 6.92 Å². The number of amides is 1. The van der Waals surface area contributed by atoms with Crippen molar-refractivity contribution in [1.29, 1.82) is 0 Å². The summed E-state index contributed by atoms with van der Waals surface area (Å²) < 4.78 is 20.3. The van der Waals surface area contributed by atoms with E-state index in [-0.39, 0.29) is 5.56 Å². The van der Waals surface area contributed by atoms with Crippen LogP contribution in [-0.2, 0) is 14.3 Å². The van der Waals surface area contributed by atoms with Crippen LogP contribution in [0.15, 0.2) is 42.5 Å². The lowest BCUT2D eigenvalue weighted by atomic mass is 10.2. The lowest BCUT2D eigenvalue weighted by Crippen LogP contribution is -2.21. The third-order valence-electron chi connectivity index (χ3n) is 3.76. The molecule has 154 valence electrons. The Morgan fingerprint density at radius 3 is 1.97 bits per heavy atom. The van der Waals surface area contributed by atoms with Crippen LogP contribution in [0.3, 0.4) is 0 Å². The zero-order valence-electron chi connectivity index (χ0n) is 16.5. The molecule has 0 bridgehead atoms. The summed E-state index contributed by atoms with van der Waals surface area (Å²) in [6, 6.07) is 10.8. The topological polar surface area (TPSA) is 100 Å². The number of rotatable bonds is 9. The van der Waals surface area contributed by atoms with Crippen LogP contribution in [0.1, 0.15) is 34.1 Å². The fourth-order valence-corrected chi connectivity index (χ4v) is 2.30. The van der Waals surface area contributed by atoms with Gasteiger partial charge >= 0.3 is 11.9 Å². The highest BCUT2D eigenvalue weighted by atomic mass is 16.5. The molecule has 0 saturated heterocycles. The predicted molar refractivity (Wildman–Crippen MR) is 105 cm³/mol. The third kappa shape index (κ3) is 6.53. The molecule has 0 aromatic heterocycles. The SMILES string of the molecule is CCCOC(=O)c1ccc(NC(=O)COC(=O)c2cc(OC)cc(OC)c2)cc1. The Bertz CT molecular complexity index is 840. The number of ether oxygens (including phenoxy) is 4. The van der Waals surface area contributed by atoms with Crippen molar-refractivity contribution in [2.75, 3.05) is 32.8 Å². The van der Waals surface area contributed by atoms with Gasteiger partial charge in [0.2, 0.25) is 0 Å². The van der Waals surface area contributed by atoms with E-state index in [1.54, 1.807) is 30.3 Å². The van der Waals surface area contributed by atoms with Gasteiger partial charge in [-0.05, 0) is 42.8 Å². The van der Waals surface area contributed by atoms with Gasteiger partial charge in [0, 0.05) is 11.8 Å². The first kappa shape index (κ1) is 21.7. The Balaban J connectivity index is 1.89. The molecule has 2 rings (SSSR count). The Hall–Kier alpha value is -3.55. The summed E-state index contributed by atoms with van der Waals surface area (Å²) in [6.07, 6.45) is 0.737. The first-order valence-electron chi connectivity index (χ1n) is 8.94. The minimum absolute atomic E-state index is 0.198. The van der Waals surface area contributed by atoms with Gasteiger partial charge in [0.1, 0.15) is 11.5 Å². The third-order valence-corrected chi connectivity index (χ3v) is 3.76. The Morgan fingerprint density at radius 1 is 0.828 bits per heavy atom. The van der Waals surface area contributed by atoms with Gasteiger partial charge in [0.15, 0.2) is 6.61 Å². The van der Waals surface area contributed by atoms with Crippen LogP contribution in [0.5, 0.6) is 11.5 Å². The van der Waals surface area contributed by atoms with Crippen molar-refractivity contribution in [2.24, 2.45) is 0 Å². The van der Waals surface area contributed by atoms with E-state index in [1.807, 2.05) is 6.92 Å². The maximum atomic E-state index is 12.2. The normalized spacial score (nSPS) is 10.0. The summed E-state index contributed by atoms with van der Waals surface area (Å²) in [7, 11) is 2.93. The fraction of sp³-hybridized carbons (Fsp3) is 0.286. The number of carbonyl (C=O) groups excluding carboxylic acids is 3. The zero-order valence-corrected chi connectivity index (χ0v) is 16.5. The van der Waals surface area contributed by atoms with Crippen LogP contribution in [-0.4, -0.2) is 45.3 Å². The van der Waals surface area contributed by atoms with E-state index >= 15 is 0 Å². The molecule has 0 spiro atoms. The molecular formula is C21H23NO7. The van der Waals surface area contributed by atoms with Crippen molar-refractivity contribution in [3.8, 4) is 11.5 Å². The van der Waals surface area contributed by atoms with Crippen LogP contribution in [0.2, 0.25) is 0 Å². The van der Waals surface area contributed by atoms with Gasteiger partial charge in [-0.15, -0.1) is 0 Å². The molecule has 0 unspecified atom stereocenters. The molecule has 0 aliphatic heterocycles. The molecule has 0 atom stereocenters. The zero-order chi connectivity index (χ0) is 21.2. The number of benzene rings is 2. The van der Waals surface area contributed by atoms with Gasteiger partial charge in [-0.25, -0.2) is 9.59 Å². The van der Waals surface area contributed by atoms with Crippen LogP contribution in [0.25, 0.3) is 0 Å². The summed E-state index contributed by atoms with van der Waals surface area (Å²) in [4.78, 5) is 36.0. The Kier molecular flexibility index (Phi) is 8.02. The highest BCUT2D eigenvalue weighted by Crippen LogP contribution is 2.23. The molecule has 1 N–H and O–H groups in total. The Labute approximate surface area is 168 Å². The molecule has 0 fully saturated rings. The molecule has 0 heterocycles. The fourth-order valence-electron chi connectivity index (χ4n) is 2.30. The Morgan fingerprint density at radius 2 is 1.41 bits per heavy atom. The number of nitrogens with one attached hydrogen (secondary N) is 1. The standard InChI is InChI=1S/C21H23NO7/c1-4-9-28-20(24)14-5-7-16(8-6-14)22-19(23)13-29-21(25)15-10-17(26-2)12-18(11-15)27-3/h5-8,10-12H,4,9,13H2,1-3H3,(H,22,23). The maximum absolute atomic E-state index is 12.2. The van der Waals surface area contributed by atoms with E-state index < -0.39 is 24.5 Å². The second-order valence-corrected chi connectivity index (χ2v) is 5.94. The van der Waals surface area contributed by atoms with Crippen molar-refractivity contribution < 1.29 is 33.3 Å². The monoisotopic (exact) mass is 401 g/mol. The maximum Gasteiger partial charge on any atom is 0.338 e. The molecule has 0 radical (unpaired) electrons. The molecule has 2 aromatic rings. The highest BCUT2D eigenvalue weighted by molar-refractivity contribution is 5.96. The van der Waals surface area contributed by atoms with Gasteiger partial charge in [0.05, 0.1) is 32.0 Å². The summed E-state index contributed by atoms with van der Waals surface area (Å²) >= 11 is 0. The number of anilines is 1. The molecular weight excluding hydrogens is 378 g/mol. The van der Waals surface area contributed by atoms with Crippen LogP contribution in [0, 0.1) is 0 Å². The summed E-state index contributed by atoms with van der Waals surface area (Å²) in [6.45, 7) is 1.78. The number of esters is 2. The van der Waals surface area contributed by atoms with E-state index in [4.69, 9.17) is 18.9 Å². The van der Waals surface area contributed by atoms with Crippen LogP contribution in [0.4, 0.5) is 5.69 Å². The van der Waals surface area contributed by atoms with Crippen molar-refractivity contribution in [1.82, 2.24) is 0 Å². The first-order valence-corrected chi connectivity index (χ1v) is 8.94. The van der Waals surface area contributed by atoms with E-state index in [0.29, 0.717) is 29.4 Å². The second-order valence-electron chi connectivity index (χ2n) is 5.94. The van der Waals surface area contributed by atoms with Crippen molar-refractivity contribution in [2.45, 2.75) is 13.3 Å². The molecule has 8 nitrogen and oxygen atoms in total. The summed E-state index contributed by atoms with van der Waals surface area (Å²) in [5.41, 5.74) is 1.04. The predicted octanol–water partition coefficient (Wildman–Crippen LogP) is 3.07. The van der Waals surface area contributed by atoms with Gasteiger partial charge in [0.25, 0.3) is 5.91 Å². The minimum Gasteiger partial charge on any atom is -0.497 e. The quantitative estimate of drug-likeness (QED) is 0.645. The van der Waals surface area contributed by atoms with Crippen LogP contribution < -0.4 is 14.8 Å². The van der Waals surface area contributed by atoms with Gasteiger partial charge in [-0.3, -0.25) is 4.79 Å². The first-order chi connectivity index (χ1) is 14.0. The van der Waals surface area contributed by atoms with E-state index in [9.17, 15) is 14.4 Å². The average molecular weight is 401 g/mol. The van der Waals surface area contributed by atoms with Gasteiger partial charge < -0.3 is 24.3 Å². The average Bonchev–Trinajstić information content (AvgIpc) is 2.75. The van der Waals surface area contributed by atoms with Crippen molar-refractivity contribution >= 4 is 23.5 Å². The molecule has 0 aliphatic carbocycles. The molecule has 1 amide bonds. The van der Waals surface area contributed by atoms with Crippen LogP contribution >= 0.6 is 0 Å². The number of hydrogen-bond acceptors (Lipinski definition) is 7. The molecule has 29 heavy (non-hydrogen) atoms. The van der Waals surface area contributed by atoms with E-state index in [1.165, 1.54) is 26.4 Å². The number of hydrogen-bond donors (Lipinski definition) is 1. The van der Waals surface area contributed by atoms with Crippen molar-refractivity contribution in [3.05, 3.63) is 53.6 Å². The smallest absolute Gasteiger partial charge is 0.338 e. The highest BCUT2D eigenvalue weighted by Gasteiger charge is 2.14. The van der Waals surface area contributed by atoms with Gasteiger partial charge in [-0.2, -0.15) is 0 Å². The van der Waals surface area contributed by atoms with Crippen molar-refractivity contribution in [3.63, 3.8) is 0 Å². The lowest BCUT2D eigenvalue weighted by molar-refractivity contribution is -0.119. The molecule has 8 heteroatoms. The summed E-state index contributed by atoms with van der Waals surface area (Å²) in [5, 5.41) is 2.59.